The van der Waals surface area contributed by atoms with Gasteiger partial charge in [0.05, 0.1) is 10.6 Å². The number of hydrogen-bond donors (Lipinski definition) is 1. The van der Waals surface area contributed by atoms with Gasteiger partial charge in [0.1, 0.15) is 18.4 Å². The van der Waals surface area contributed by atoms with Crippen LogP contribution in [0.25, 0.3) is 0 Å². The second kappa shape index (κ2) is 14.2. The van der Waals surface area contributed by atoms with Crippen LogP contribution < -0.4 is 9.62 Å². The molecule has 1 N–H and O–H groups in total. The van der Waals surface area contributed by atoms with Gasteiger partial charge < -0.3 is 10.2 Å². The van der Waals surface area contributed by atoms with Crippen LogP contribution in [0.4, 0.5) is 10.1 Å². The molecule has 1 aliphatic carbocycles. The minimum absolute atomic E-state index is 0.00356. The summed E-state index contributed by atoms with van der Waals surface area (Å²) < 4.78 is 42.5. The van der Waals surface area contributed by atoms with Gasteiger partial charge in [-0.3, -0.25) is 13.9 Å². The number of benzene rings is 3. The first-order chi connectivity index (χ1) is 20.1. The van der Waals surface area contributed by atoms with Gasteiger partial charge in [-0.25, -0.2) is 12.8 Å². The number of amides is 2. The number of carbonyl (C=O) groups excluding carboxylic acids is 2. The molecule has 1 atom stereocenters. The molecule has 1 fully saturated rings. The summed E-state index contributed by atoms with van der Waals surface area (Å²) in [6.07, 6.45) is 5.27. The van der Waals surface area contributed by atoms with Gasteiger partial charge in [-0.05, 0) is 73.7 Å². The fourth-order valence-electron chi connectivity index (χ4n) is 5.24. The Kier molecular flexibility index (Phi) is 10.6. The quantitative estimate of drug-likeness (QED) is 0.277. The molecule has 2 amide bonds. The summed E-state index contributed by atoms with van der Waals surface area (Å²) in [7, 11) is -4.19. The molecule has 1 saturated carbocycles. The first-order valence-corrected chi connectivity index (χ1v) is 16.1. The average molecular weight is 614 g/mol. The molecule has 0 saturated heterocycles. The van der Waals surface area contributed by atoms with E-state index in [1.165, 1.54) is 35.2 Å². The summed E-state index contributed by atoms with van der Waals surface area (Å²) in [5, 5.41) is 3.47. The highest BCUT2D eigenvalue weighted by atomic mass is 35.5. The van der Waals surface area contributed by atoms with Gasteiger partial charge in [-0.15, -0.1) is 0 Å². The van der Waals surface area contributed by atoms with Crippen molar-refractivity contribution in [3.8, 4) is 0 Å². The Morgan fingerprint density at radius 3 is 2.29 bits per heavy atom. The molecule has 4 rings (SSSR count). The normalized spacial score (nSPS) is 14.7. The SMILES string of the molecule is CC[C@H](C(=O)NC1CCCCC1)N(Cc1ccc(F)cc1)C(=O)CN(c1ccc(C)c(Cl)c1)S(=O)(=O)c1ccccc1. The van der Waals surface area contributed by atoms with Crippen molar-refractivity contribution in [2.75, 3.05) is 10.8 Å². The van der Waals surface area contributed by atoms with E-state index in [0.717, 1.165) is 42.0 Å². The summed E-state index contributed by atoms with van der Waals surface area (Å²) in [5.41, 5.74) is 1.60. The number of rotatable bonds is 11. The van der Waals surface area contributed by atoms with E-state index >= 15 is 0 Å². The van der Waals surface area contributed by atoms with Crippen LogP contribution in [0.15, 0.2) is 77.7 Å². The first kappa shape index (κ1) is 31.5. The van der Waals surface area contributed by atoms with Gasteiger partial charge in [0.25, 0.3) is 10.0 Å². The number of anilines is 1. The monoisotopic (exact) mass is 613 g/mol. The van der Waals surface area contributed by atoms with Gasteiger partial charge in [0.2, 0.25) is 11.8 Å². The first-order valence-electron chi connectivity index (χ1n) is 14.3. The Labute approximate surface area is 252 Å². The number of halogens is 2. The number of carbonyl (C=O) groups is 2. The molecule has 10 heteroatoms. The molecule has 0 bridgehead atoms. The summed E-state index contributed by atoms with van der Waals surface area (Å²) >= 11 is 6.38. The van der Waals surface area contributed by atoms with E-state index < -0.39 is 34.3 Å². The predicted octanol–water partition coefficient (Wildman–Crippen LogP) is 6.24. The molecule has 0 spiro atoms. The molecule has 0 radical (unpaired) electrons. The molecular weight excluding hydrogens is 577 g/mol. The summed E-state index contributed by atoms with van der Waals surface area (Å²) in [5.74, 6) is -1.27. The maximum atomic E-state index is 14.2. The topological polar surface area (TPSA) is 86.8 Å². The van der Waals surface area contributed by atoms with E-state index in [1.54, 1.807) is 49.4 Å². The maximum Gasteiger partial charge on any atom is 0.264 e. The Balaban J connectivity index is 1.71. The van der Waals surface area contributed by atoms with Gasteiger partial charge in [0.15, 0.2) is 0 Å². The van der Waals surface area contributed by atoms with Crippen molar-refractivity contribution in [3.63, 3.8) is 0 Å². The largest absolute Gasteiger partial charge is 0.352 e. The molecular formula is C32H37ClFN3O4S. The van der Waals surface area contributed by atoms with Crippen LogP contribution in [0, 0.1) is 12.7 Å². The Hall–Kier alpha value is -3.43. The molecule has 42 heavy (non-hydrogen) atoms. The van der Waals surface area contributed by atoms with Crippen LogP contribution in [0.2, 0.25) is 5.02 Å². The zero-order chi connectivity index (χ0) is 30.3. The minimum atomic E-state index is -4.19. The van der Waals surface area contributed by atoms with Gasteiger partial charge >= 0.3 is 0 Å². The molecule has 3 aromatic rings. The molecule has 1 aliphatic rings. The molecule has 0 heterocycles. The minimum Gasteiger partial charge on any atom is -0.352 e. The highest BCUT2D eigenvalue weighted by Crippen LogP contribution is 2.29. The second-order valence-corrected chi connectivity index (χ2v) is 12.9. The van der Waals surface area contributed by atoms with Gasteiger partial charge in [0, 0.05) is 17.6 Å². The van der Waals surface area contributed by atoms with E-state index in [2.05, 4.69) is 5.32 Å². The van der Waals surface area contributed by atoms with E-state index in [0.29, 0.717) is 17.0 Å². The fourth-order valence-corrected chi connectivity index (χ4v) is 6.84. The third-order valence-corrected chi connectivity index (χ3v) is 9.85. The van der Waals surface area contributed by atoms with Crippen LogP contribution >= 0.6 is 11.6 Å². The highest BCUT2D eigenvalue weighted by molar-refractivity contribution is 7.92. The Morgan fingerprint density at radius 1 is 1.00 bits per heavy atom. The molecule has 224 valence electrons. The smallest absolute Gasteiger partial charge is 0.264 e. The molecule has 0 unspecified atom stereocenters. The van der Waals surface area contributed by atoms with E-state index in [-0.39, 0.29) is 29.1 Å². The van der Waals surface area contributed by atoms with Crippen molar-refractivity contribution in [3.05, 3.63) is 94.8 Å². The van der Waals surface area contributed by atoms with Gasteiger partial charge in [-0.1, -0.05) is 74.2 Å². The van der Waals surface area contributed by atoms with E-state index in [4.69, 9.17) is 11.6 Å². The lowest BCUT2D eigenvalue weighted by molar-refractivity contribution is -0.140. The lowest BCUT2D eigenvalue weighted by Gasteiger charge is -2.34. The van der Waals surface area contributed by atoms with Crippen LogP contribution in [0.1, 0.15) is 56.6 Å². The predicted molar refractivity (Wildman–Crippen MR) is 163 cm³/mol. The Morgan fingerprint density at radius 2 is 1.67 bits per heavy atom. The van der Waals surface area contributed by atoms with Crippen LogP contribution in [-0.2, 0) is 26.2 Å². The number of nitrogens with one attached hydrogen (secondary N) is 1. The summed E-state index contributed by atoms with van der Waals surface area (Å²) in [4.78, 5) is 29.1. The van der Waals surface area contributed by atoms with Crippen LogP contribution in [0.5, 0.6) is 0 Å². The van der Waals surface area contributed by atoms with Crippen LogP contribution in [-0.4, -0.2) is 43.8 Å². The third kappa shape index (κ3) is 7.69. The number of nitrogens with zero attached hydrogens (tertiary/aromatic N) is 2. The average Bonchev–Trinajstić information content (AvgIpc) is 2.99. The van der Waals surface area contributed by atoms with Crippen LogP contribution in [0.3, 0.4) is 0 Å². The highest BCUT2D eigenvalue weighted by Gasteiger charge is 2.34. The van der Waals surface area contributed by atoms with E-state index in [9.17, 15) is 22.4 Å². The fraction of sp³-hybridized carbons (Fsp3) is 0.375. The van der Waals surface area contributed by atoms with Crippen molar-refractivity contribution in [2.45, 2.75) is 75.9 Å². The number of sulfonamides is 1. The molecule has 7 nitrogen and oxygen atoms in total. The zero-order valence-electron chi connectivity index (χ0n) is 23.9. The Bertz CT molecular complexity index is 1480. The maximum absolute atomic E-state index is 14.2. The second-order valence-electron chi connectivity index (χ2n) is 10.7. The molecule has 0 aromatic heterocycles. The van der Waals surface area contributed by atoms with E-state index in [1.807, 2.05) is 6.92 Å². The molecule has 3 aromatic carbocycles. The lowest BCUT2D eigenvalue weighted by Crippen LogP contribution is -2.54. The lowest BCUT2D eigenvalue weighted by atomic mass is 9.95. The van der Waals surface area contributed by atoms with Crippen molar-refractivity contribution in [1.29, 1.82) is 0 Å². The van der Waals surface area contributed by atoms with Crippen molar-refractivity contribution in [2.24, 2.45) is 0 Å². The third-order valence-electron chi connectivity index (χ3n) is 7.66. The molecule has 0 aliphatic heterocycles. The van der Waals surface area contributed by atoms with Gasteiger partial charge in [-0.2, -0.15) is 0 Å². The number of aryl methyl sites for hydroxylation is 1. The van der Waals surface area contributed by atoms with Crippen molar-refractivity contribution in [1.82, 2.24) is 10.2 Å². The standard InChI is InChI=1S/C32H37ClFN3O4S/c1-3-30(32(39)35-26-10-6-4-7-11-26)36(21-24-15-17-25(34)18-16-24)31(38)22-37(27-19-14-23(2)29(33)20-27)42(40,41)28-12-8-5-9-13-28/h5,8-9,12-20,26,30H,3-4,6-7,10-11,21-22H2,1-2H3,(H,35,39)/t30-/m1/s1. The summed E-state index contributed by atoms with van der Waals surface area (Å²) in [6.45, 7) is 3.05. The van der Waals surface area contributed by atoms with Crippen molar-refractivity contribution < 1.29 is 22.4 Å². The summed E-state index contributed by atoms with van der Waals surface area (Å²) in [6, 6.07) is 17.5. The van der Waals surface area contributed by atoms with Crippen molar-refractivity contribution >= 4 is 39.1 Å². The zero-order valence-corrected chi connectivity index (χ0v) is 25.5. The number of hydrogen-bond acceptors (Lipinski definition) is 4.